The molecule has 0 radical (unpaired) electrons. The van der Waals surface area contributed by atoms with Gasteiger partial charge in [-0.2, -0.15) is 0 Å². The third kappa shape index (κ3) is 4.87. The third-order valence-corrected chi connectivity index (χ3v) is 6.26. The number of carbonyl (C=O) groups is 1. The van der Waals surface area contributed by atoms with Crippen LogP contribution in [0.4, 0.5) is 0 Å². The van der Waals surface area contributed by atoms with Gasteiger partial charge in [-0.1, -0.05) is 37.6 Å². The number of rotatable bonds is 9. The number of ether oxygens (including phenoxy) is 1. The van der Waals surface area contributed by atoms with E-state index in [1.807, 2.05) is 57.4 Å². The zero-order valence-electron chi connectivity index (χ0n) is 20.8. The van der Waals surface area contributed by atoms with Crippen LogP contribution >= 0.6 is 0 Å². The van der Waals surface area contributed by atoms with Gasteiger partial charge in [0.1, 0.15) is 11.3 Å². The minimum Gasteiger partial charge on any atom is -0.494 e. The Morgan fingerprint density at radius 1 is 1.12 bits per heavy atom. The Balaban J connectivity index is 1.78. The second-order valence-corrected chi connectivity index (χ2v) is 9.83. The molecule has 1 atom stereocenters. The van der Waals surface area contributed by atoms with Crippen molar-refractivity contribution in [3.05, 3.63) is 75.1 Å². The molecule has 2 aromatic carbocycles. The molecule has 3 aromatic rings. The van der Waals surface area contributed by atoms with Crippen molar-refractivity contribution in [1.82, 2.24) is 9.80 Å². The van der Waals surface area contributed by atoms with Gasteiger partial charge in [0.15, 0.2) is 5.43 Å². The number of amides is 1. The molecule has 0 fully saturated rings. The zero-order valence-corrected chi connectivity index (χ0v) is 20.8. The SMILES string of the molecule is Cc1ccc2oc3c(c(=O)c2c1)[C@@H](c1cccc(OCCC(C)C)c1)N(CCCN(C)C)C3=O. The van der Waals surface area contributed by atoms with Gasteiger partial charge < -0.3 is 19.0 Å². The van der Waals surface area contributed by atoms with E-state index in [-0.39, 0.29) is 17.1 Å². The van der Waals surface area contributed by atoms with Crippen molar-refractivity contribution in [2.24, 2.45) is 5.92 Å². The lowest BCUT2D eigenvalue weighted by Gasteiger charge is -2.26. The molecule has 0 unspecified atom stereocenters. The molecule has 0 N–H and O–H groups in total. The predicted molar refractivity (Wildman–Crippen MR) is 135 cm³/mol. The van der Waals surface area contributed by atoms with E-state index < -0.39 is 6.04 Å². The lowest BCUT2D eigenvalue weighted by molar-refractivity contribution is 0.0722. The number of aryl methyl sites for hydroxylation is 1. The smallest absolute Gasteiger partial charge is 0.290 e. The maximum Gasteiger partial charge on any atom is 0.290 e. The highest BCUT2D eigenvalue weighted by molar-refractivity contribution is 5.99. The Hall–Kier alpha value is -3.12. The van der Waals surface area contributed by atoms with E-state index >= 15 is 0 Å². The van der Waals surface area contributed by atoms with Crippen molar-refractivity contribution in [3.63, 3.8) is 0 Å². The van der Waals surface area contributed by atoms with E-state index in [0.29, 0.717) is 35.6 Å². The summed E-state index contributed by atoms with van der Waals surface area (Å²) in [5.74, 6) is 1.22. The summed E-state index contributed by atoms with van der Waals surface area (Å²) in [6.07, 6.45) is 1.75. The average Bonchev–Trinajstić information content (AvgIpc) is 3.06. The van der Waals surface area contributed by atoms with Crippen LogP contribution in [0.25, 0.3) is 11.0 Å². The first-order valence-corrected chi connectivity index (χ1v) is 12.0. The van der Waals surface area contributed by atoms with Crippen LogP contribution in [0.15, 0.2) is 51.7 Å². The van der Waals surface area contributed by atoms with Gasteiger partial charge in [-0.25, -0.2) is 0 Å². The second-order valence-electron chi connectivity index (χ2n) is 9.83. The Labute approximate surface area is 201 Å². The van der Waals surface area contributed by atoms with Gasteiger partial charge in [0.25, 0.3) is 5.91 Å². The Kier molecular flexibility index (Phi) is 7.08. The molecule has 0 spiro atoms. The maximum absolute atomic E-state index is 13.7. The molecular formula is C28H34N2O4. The quantitative estimate of drug-likeness (QED) is 0.447. The molecule has 2 heterocycles. The minimum atomic E-state index is -0.500. The maximum atomic E-state index is 13.7. The first-order chi connectivity index (χ1) is 16.3. The second kappa shape index (κ2) is 10.0. The van der Waals surface area contributed by atoms with Gasteiger partial charge in [0, 0.05) is 6.54 Å². The number of fused-ring (bicyclic) bond motifs is 2. The number of carbonyl (C=O) groups excluding carboxylic acids is 1. The van der Waals surface area contributed by atoms with Crippen LogP contribution in [0, 0.1) is 12.8 Å². The summed E-state index contributed by atoms with van der Waals surface area (Å²) >= 11 is 0. The molecular weight excluding hydrogens is 428 g/mol. The van der Waals surface area contributed by atoms with Gasteiger partial charge in [0.2, 0.25) is 5.76 Å². The van der Waals surface area contributed by atoms with Gasteiger partial charge in [-0.05, 0) is 76.2 Å². The minimum absolute atomic E-state index is 0.139. The van der Waals surface area contributed by atoms with Crippen molar-refractivity contribution in [2.45, 2.75) is 39.7 Å². The summed E-state index contributed by atoms with van der Waals surface area (Å²) in [6, 6.07) is 12.8. The topological polar surface area (TPSA) is 63.0 Å². The van der Waals surface area contributed by atoms with Crippen LogP contribution in [-0.4, -0.2) is 49.5 Å². The molecule has 0 aliphatic carbocycles. The van der Waals surface area contributed by atoms with Crippen LogP contribution < -0.4 is 10.2 Å². The van der Waals surface area contributed by atoms with Crippen LogP contribution in [0.3, 0.4) is 0 Å². The van der Waals surface area contributed by atoms with Crippen LogP contribution in [0.2, 0.25) is 0 Å². The Morgan fingerprint density at radius 3 is 2.65 bits per heavy atom. The predicted octanol–water partition coefficient (Wildman–Crippen LogP) is 5.02. The van der Waals surface area contributed by atoms with Gasteiger partial charge in [-0.3, -0.25) is 9.59 Å². The molecule has 1 aromatic heterocycles. The van der Waals surface area contributed by atoms with Crippen LogP contribution in [-0.2, 0) is 0 Å². The lowest BCUT2D eigenvalue weighted by Crippen LogP contribution is -2.32. The highest BCUT2D eigenvalue weighted by atomic mass is 16.5. The molecule has 180 valence electrons. The third-order valence-electron chi connectivity index (χ3n) is 6.26. The summed E-state index contributed by atoms with van der Waals surface area (Å²) in [6.45, 7) is 8.27. The number of benzene rings is 2. The lowest BCUT2D eigenvalue weighted by atomic mass is 9.98. The summed E-state index contributed by atoms with van der Waals surface area (Å²) in [7, 11) is 4.02. The van der Waals surface area contributed by atoms with Crippen molar-refractivity contribution in [1.29, 1.82) is 0 Å². The molecule has 0 saturated heterocycles. The van der Waals surface area contributed by atoms with Crippen LogP contribution in [0.1, 0.15) is 60.0 Å². The molecule has 1 aliphatic rings. The summed E-state index contributed by atoms with van der Waals surface area (Å²) < 4.78 is 12.0. The van der Waals surface area contributed by atoms with Crippen molar-refractivity contribution in [3.8, 4) is 5.75 Å². The molecule has 6 nitrogen and oxygen atoms in total. The van der Waals surface area contributed by atoms with E-state index in [9.17, 15) is 9.59 Å². The standard InChI is InChI=1S/C28H34N2O4/c1-18(2)12-15-33-21-9-6-8-20(17-21)25-24-26(31)22-16-19(3)10-11-23(22)34-27(24)28(32)30(25)14-7-13-29(4)5/h6,8-11,16-18,25H,7,12-15H2,1-5H3/t25-/m1/s1. The van der Waals surface area contributed by atoms with Crippen molar-refractivity contribution < 1.29 is 13.9 Å². The van der Waals surface area contributed by atoms with E-state index in [1.54, 1.807) is 11.0 Å². The van der Waals surface area contributed by atoms with E-state index in [1.165, 1.54) is 0 Å². The molecule has 4 rings (SSSR count). The molecule has 34 heavy (non-hydrogen) atoms. The van der Waals surface area contributed by atoms with Gasteiger partial charge in [0.05, 0.1) is 23.6 Å². The molecule has 1 aliphatic heterocycles. The Bertz CT molecular complexity index is 1240. The van der Waals surface area contributed by atoms with E-state index in [4.69, 9.17) is 9.15 Å². The number of nitrogens with zero attached hydrogens (tertiary/aromatic N) is 2. The molecule has 1 amide bonds. The van der Waals surface area contributed by atoms with Crippen molar-refractivity contribution in [2.75, 3.05) is 33.8 Å². The first-order valence-electron chi connectivity index (χ1n) is 12.0. The molecule has 0 saturated carbocycles. The normalized spacial score (nSPS) is 15.6. The summed E-state index contributed by atoms with van der Waals surface area (Å²) in [4.78, 5) is 31.0. The number of hydrogen-bond donors (Lipinski definition) is 0. The largest absolute Gasteiger partial charge is 0.494 e. The highest BCUT2D eigenvalue weighted by Gasteiger charge is 2.42. The fourth-order valence-corrected chi connectivity index (χ4v) is 4.46. The Morgan fingerprint density at radius 2 is 1.91 bits per heavy atom. The highest BCUT2D eigenvalue weighted by Crippen LogP contribution is 2.39. The fourth-order valence-electron chi connectivity index (χ4n) is 4.46. The van der Waals surface area contributed by atoms with Gasteiger partial charge >= 0.3 is 0 Å². The summed E-state index contributed by atoms with van der Waals surface area (Å²) in [5, 5.41) is 0.510. The van der Waals surface area contributed by atoms with Crippen LogP contribution in [0.5, 0.6) is 5.75 Å². The van der Waals surface area contributed by atoms with E-state index in [2.05, 4.69) is 18.7 Å². The number of hydrogen-bond acceptors (Lipinski definition) is 5. The molecule has 6 heteroatoms. The molecule has 0 bridgehead atoms. The average molecular weight is 463 g/mol. The van der Waals surface area contributed by atoms with Gasteiger partial charge in [-0.15, -0.1) is 0 Å². The van der Waals surface area contributed by atoms with Crippen molar-refractivity contribution >= 4 is 16.9 Å². The monoisotopic (exact) mass is 462 g/mol. The fraction of sp³-hybridized carbons (Fsp3) is 0.429. The zero-order chi connectivity index (χ0) is 24.4. The summed E-state index contributed by atoms with van der Waals surface area (Å²) in [5.41, 5.74) is 2.57. The first kappa shape index (κ1) is 24.0. The van der Waals surface area contributed by atoms with E-state index in [0.717, 1.165) is 36.3 Å².